The molecule has 1 amide bonds. The summed E-state index contributed by atoms with van der Waals surface area (Å²) >= 11 is 7.45. The number of anilines is 1. The molecular weight excluding hydrogens is 398 g/mol. The van der Waals surface area contributed by atoms with Gasteiger partial charge in [0.1, 0.15) is 18.5 Å². The number of carbonyl (C=O) groups is 1. The van der Waals surface area contributed by atoms with Gasteiger partial charge in [-0.2, -0.15) is 0 Å². The van der Waals surface area contributed by atoms with E-state index in [1.54, 1.807) is 36.4 Å². The van der Waals surface area contributed by atoms with Crippen LogP contribution in [-0.4, -0.2) is 30.3 Å². The molecule has 0 aliphatic rings. The van der Waals surface area contributed by atoms with E-state index in [1.165, 1.54) is 11.3 Å². The standard InChI is InChI=1S/C21H20ClNO4S/c22-19-5-2-1-4-15(19)12-26-13-17(24)14-27-18-9-7-16(8-10-18)23-21(25)20-6-3-11-28-20/h1-11,17,24H,12-14H2,(H,23,25)/t17-/m1/s1. The molecule has 0 spiro atoms. The topological polar surface area (TPSA) is 67.8 Å². The van der Waals surface area contributed by atoms with Gasteiger partial charge < -0.3 is 19.9 Å². The number of benzene rings is 2. The van der Waals surface area contributed by atoms with Crippen molar-refractivity contribution in [3.63, 3.8) is 0 Å². The highest BCUT2D eigenvalue weighted by Crippen LogP contribution is 2.18. The molecule has 7 heteroatoms. The highest BCUT2D eigenvalue weighted by molar-refractivity contribution is 7.12. The van der Waals surface area contributed by atoms with Gasteiger partial charge in [0.25, 0.3) is 5.91 Å². The fourth-order valence-corrected chi connectivity index (χ4v) is 3.21. The smallest absolute Gasteiger partial charge is 0.265 e. The first kappa shape index (κ1) is 20.4. The number of hydrogen-bond acceptors (Lipinski definition) is 5. The van der Waals surface area contributed by atoms with Crippen molar-refractivity contribution in [3.8, 4) is 5.75 Å². The zero-order valence-electron chi connectivity index (χ0n) is 15.0. The van der Waals surface area contributed by atoms with Gasteiger partial charge in [-0.25, -0.2) is 0 Å². The third-order valence-electron chi connectivity index (χ3n) is 3.83. The van der Waals surface area contributed by atoms with Crippen molar-refractivity contribution in [2.45, 2.75) is 12.7 Å². The molecule has 5 nitrogen and oxygen atoms in total. The van der Waals surface area contributed by atoms with E-state index in [-0.39, 0.29) is 19.1 Å². The molecule has 0 bridgehead atoms. The maximum Gasteiger partial charge on any atom is 0.265 e. The molecule has 0 saturated heterocycles. The number of hydrogen-bond donors (Lipinski definition) is 2. The minimum absolute atomic E-state index is 0.101. The highest BCUT2D eigenvalue weighted by atomic mass is 35.5. The summed E-state index contributed by atoms with van der Waals surface area (Å²) in [7, 11) is 0. The molecule has 0 fully saturated rings. The van der Waals surface area contributed by atoms with Gasteiger partial charge in [0.05, 0.1) is 18.1 Å². The number of ether oxygens (including phenoxy) is 2. The number of thiophene rings is 1. The average molecular weight is 418 g/mol. The number of halogens is 1. The Hall–Kier alpha value is -2.38. The van der Waals surface area contributed by atoms with Crippen LogP contribution in [0.3, 0.4) is 0 Å². The van der Waals surface area contributed by atoms with Crippen LogP contribution in [0.2, 0.25) is 5.02 Å². The third kappa shape index (κ3) is 6.07. The van der Waals surface area contributed by atoms with Crippen LogP contribution in [0.1, 0.15) is 15.2 Å². The fourth-order valence-electron chi connectivity index (χ4n) is 2.40. The number of amides is 1. The second-order valence-electron chi connectivity index (χ2n) is 6.03. The zero-order chi connectivity index (χ0) is 19.8. The molecule has 1 aromatic heterocycles. The van der Waals surface area contributed by atoms with E-state index in [9.17, 15) is 9.90 Å². The van der Waals surface area contributed by atoms with Gasteiger partial charge in [0.2, 0.25) is 0 Å². The summed E-state index contributed by atoms with van der Waals surface area (Å²) in [6, 6.07) is 18.0. The zero-order valence-corrected chi connectivity index (χ0v) is 16.6. The summed E-state index contributed by atoms with van der Waals surface area (Å²) < 4.78 is 11.0. The monoisotopic (exact) mass is 417 g/mol. The minimum atomic E-state index is -0.763. The molecule has 3 rings (SSSR count). The number of nitrogens with one attached hydrogen (secondary N) is 1. The van der Waals surface area contributed by atoms with Crippen LogP contribution >= 0.6 is 22.9 Å². The first-order chi connectivity index (χ1) is 13.6. The summed E-state index contributed by atoms with van der Waals surface area (Å²) in [6.07, 6.45) is -0.763. The maximum absolute atomic E-state index is 12.0. The lowest BCUT2D eigenvalue weighted by molar-refractivity contribution is 0.00551. The van der Waals surface area contributed by atoms with Gasteiger partial charge in [0.15, 0.2) is 0 Å². The van der Waals surface area contributed by atoms with Crippen LogP contribution in [0.15, 0.2) is 66.0 Å². The van der Waals surface area contributed by atoms with Crippen molar-refractivity contribution in [1.82, 2.24) is 0 Å². The molecule has 0 unspecified atom stereocenters. The molecule has 1 heterocycles. The Labute approximate surface area is 172 Å². The van der Waals surface area contributed by atoms with Crippen LogP contribution in [0.5, 0.6) is 5.75 Å². The first-order valence-electron chi connectivity index (χ1n) is 8.69. The molecule has 0 radical (unpaired) electrons. The molecular formula is C21H20ClNO4S. The van der Waals surface area contributed by atoms with Gasteiger partial charge in [-0.1, -0.05) is 35.9 Å². The van der Waals surface area contributed by atoms with E-state index in [2.05, 4.69) is 5.32 Å². The molecule has 0 aliphatic carbocycles. The van der Waals surface area contributed by atoms with Crippen LogP contribution in [0, 0.1) is 0 Å². The molecule has 0 saturated carbocycles. The number of rotatable bonds is 9. The van der Waals surface area contributed by atoms with Gasteiger partial charge >= 0.3 is 0 Å². The van der Waals surface area contributed by atoms with Crippen molar-refractivity contribution in [1.29, 1.82) is 0 Å². The quantitative estimate of drug-likeness (QED) is 0.533. The van der Waals surface area contributed by atoms with Gasteiger partial charge in [-0.3, -0.25) is 4.79 Å². The van der Waals surface area contributed by atoms with Crippen molar-refractivity contribution in [2.24, 2.45) is 0 Å². The van der Waals surface area contributed by atoms with Crippen molar-refractivity contribution < 1.29 is 19.4 Å². The molecule has 0 aliphatic heterocycles. The van der Waals surface area contributed by atoms with Crippen LogP contribution in [0.25, 0.3) is 0 Å². The van der Waals surface area contributed by atoms with Crippen LogP contribution < -0.4 is 10.1 Å². The lowest BCUT2D eigenvalue weighted by atomic mass is 10.2. The molecule has 2 N–H and O–H groups in total. The molecule has 1 atom stereocenters. The van der Waals surface area contributed by atoms with Crippen molar-refractivity contribution in [3.05, 3.63) is 81.5 Å². The molecule has 146 valence electrons. The number of carbonyl (C=O) groups excluding carboxylic acids is 1. The van der Waals surface area contributed by atoms with E-state index in [4.69, 9.17) is 21.1 Å². The molecule has 3 aromatic rings. The SMILES string of the molecule is O=C(Nc1ccc(OC[C@H](O)COCc2ccccc2Cl)cc1)c1cccs1. The first-order valence-corrected chi connectivity index (χ1v) is 9.94. The van der Waals surface area contributed by atoms with Crippen LogP contribution in [-0.2, 0) is 11.3 Å². The minimum Gasteiger partial charge on any atom is -0.491 e. The fraction of sp³-hybridized carbons (Fsp3) is 0.190. The van der Waals surface area contributed by atoms with Gasteiger partial charge in [-0.05, 0) is 47.3 Å². The summed E-state index contributed by atoms with van der Waals surface area (Å²) in [5, 5.41) is 15.3. The van der Waals surface area contributed by atoms with Crippen molar-refractivity contribution >= 4 is 34.5 Å². The van der Waals surface area contributed by atoms with E-state index in [0.29, 0.717) is 27.9 Å². The Morgan fingerprint density at radius 3 is 2.57 bits per heavy atom. The second kappa shape index (κ2) is 10.2. The lowest BCUT2D eigenvalue weighted by Gasteiger charge is -2.13. The summed E-state index contributed by atoms with van der Waals surface area (Å²) in [5.74, 6) is 0.453. The Kier molecular flexibility index (Phi) is 7.45. The Balaban J connectivity index is 1.39. The summed E-state index contributed by atoms with van der Waals surface area (Å²) in [4.78, 5) is 12.7. The number of aliphatic hydroxyl groups excluding tert-OH is 1. The molecule has 28 heavy (non-hydrogen) atoms. The van der Waals surface area contributed by atoms with Crippen LogP contribution in [0.4, 0.5) is 5.69 Å². The van der Waals surface area contributed by atoms with Gasteiger partial charge in [0, 0.05) is 10.7 Å². The van der Waals surface area contributed by atoms with E-state index < -0.39 is 6.10 Å². The summed E-state index contributed by atoms with van der Waals surface area (Å²) in [5.41, 5.74) is 1.55. The van der Waals surface area contributed by atoms with E-state index in [0.717, 1.165) is 5.56 Å². The second-order valence-corrected chi connectivity index (χ2v) is 7.38. The predicted octanol–water partition coefficient (Wildman–Crippen LogP) is 4.61. The third-order valence-corrected chi connectivity index (χ3v) is 5.06. The normalized spacial score (nSPS) is 11.8. The summed E-state index contributed by atoms with van der Waals surface area (Å²) in [6.45, 7) is 0.568. The van der Waals surface area contributed by atoms with Gasteiger partial charge in [-0.15, -0.1) is 11.3 Å². The average Bonchev–Trinajstić information content (AvgIpc) is 3.24. The Morgan fingerprint density at radius 1 is 1.07 bits per heavy atom. The lowest BCUT2D eigenvalue weighted by Crippen LogP contribution is -2.23. The Bertz CT molecular complexity index is 884. The Morgan fingerprint density at radius 2 is 1.86 bits per heavy atom. The predicted molar refractivity (Wildman–Crippen MR) is 111 cm³/mol. The van der Waals surface area contributed by atoms with Crippen molar-refractivity contribution in [2.75, 3.05) is 18.5 Å². The highest BCUT2D eigenvalue weighted by Gasteiger charge is 2.09. The number of aliphatic hydroxyl groups is 1. The van der Waals surface area contributed by atoms with E-state index in [1.807, 2.05) is 29.6 Å². The van der Waals surface area contributed by atoms with E-state index >= 15 is 0 Å². The molecule has 2 aromatic carbocycles. The maximum atomic E-state index is 12.0. The largest absolute Gasteiger partial charge is 0.491 e.